The number of hydrogen-bond donors (Lipinski definition) is 2. The first-order valence-electron chi connectivity index (χ1n) is 8.87. The summed E-state index contributed by atoms with van der Waals surface area (Å²) in [5.74, 6) is 0.0239. The summed E-state index contributed by atoms with van der Waals surface area (Å²) < 4.78 is 12.1. The smallest absolute Gasteiger partial charge is 0.307 e. The Morgan fingerprint density at radius 1 is 1.18 bits per heavy atom. The quantitative estimate of drug-likeness (QED) is 0.579. The van der Waals surface area contributed by atoms with Crippen LogP contribution in [-0.4, -0.2) is 30.7 Å². The van der Waals surface area contributed by atoms with Crippen molar-refractivity contribution in [2.75, 3.05) is 19.0 Å². The molecule has 0 atom stereocenters. The summed E-state index contributed by atoms with van der Waals surface area (Å²) in [7, 11) is 1.60. The van der Waals surface area contributed by atoms with Crippen LogP contribution in [0, 0.1) is 0 Å². The Labute approximate surface area is 166 Å². The molecule has 2 aromatic carbocycles. The number of thiophene rings is 1. The molecule has 0 bridgehead atoms. The predicted octanol–water partition coefficient (Wildman–Crippen LogP) is 4.58. The number of carbonyl (C=O) groups is 2. The SMILES string of the molecule is CCCOc1c(C(=O)Nc2cccc(CC(=O)O)c2)sc2ccc(OC)cc12. The number of anilines is 1. The van der Waals surface area contributed by atoms with Crippen LogP contribution in [0.2, 0.25) is 0 Å². The summed E-state index contributed by atoms with van der Waals surface area (Å²) in [5.41, 5.74) is 1.16. The minimum absolute atomic E-state index is 0.0999. The average molecular weight is 399 g/mol. The van der Waals surface area contributed by atoms with Gasteiger partial charge in [0.05, 0.1) is 20.1 Å². The van der Waals surface area contributed by atoms with Gasteiger partial charge in [0, 0.05) is 15.8 Å². The first kappa shape index (κ1) is 19.7. The summed E-state index contributed by atoms with van der Waals surface area (Å²) >= 11 is 1.35. The molecule has 0 aliphatic rings. The van der Waals surface area contributed by atoms with Crippen molar-refractivity contribution in [1.82, 2.24) is 0 Å². The highest BCUT2D eigenvalue weighted by Gasteiger charge is 2.21. The molecule has 0 fully saturated rings. The van der Waals surface area contributed by atoms with Crippen LogP contribution in [0.1, 0.15) is 28.6 Å². The summed E-state index contributed by atoms with van der Waals surface area (Å²) in [4.78, 5) is 24.3. The van der Waals surface area contributed by atoms with E-state index in [1.54, 1.807) is 31.4 Å². The second kappa shape index (κ2) is 8.75. The maximum Gasteiger partial charge on any atom is 0.307 e. The fourth-order valence-electron chi connectivity index (χ4n) is 2.80. The molecule has 0 aliphatic heterocycles. The van der Waals surface area contributed by atoms with E-state index < -0.39 is 5.97 Å². The number of fused-ring (bicyclic) bond motifs is 1. The number of carbonyl (C=O) groups excluding carboxylic acids is 1. The first-order chi connectivity index (χ1) is 13.5. The minimum atomic E-state index is -0.919. The van der Waals surface area contributed by atoms with Crippen molar-refractivity contribution in [2.24, 2.45) is 0 Å². The average Bonchev–Trinajstić information content (AvgIpc) is 3.03. The lowest BCUT2D eigenvalue weighted by molar-refractivity contribution is -0.136. The number of hydrogen-bond acceptors (Lipinski definition) is 5. The largest absolute Gasteiger partial charge is 0.497 e. The summed E-state index contributed by atoms with van der Waals surface area (Å²) in [5, 5.41) is 12.6. The fraction of sp³-hybridized carbons (Fsp3) is 0.238. The van der Waals surface area contributed by atoms with Crippen LogP contribution in [0.4, 0.5) is 5.69 Å². The van der Waals surface area contributed by atoms with E-state index in [1.165, 1.54) is 11.3 Å². The minimum Gasteiger partial charge on any atom is -0.497 e. The van der Waals surface area contributed by atoms with Crippen LogP contribution in [0.5, 0.6) is 11.5 Å². The standard InChI is InChI=1S/C21H21NO5S/c1-3-9-27-19-16-12-15(26-2)7-8-17(16)28-20(19)21(25)22-14-6-4-5-13(10-14)11-18(23)24/h4-8,10,12H,3,9,11H2,1-2H3,(H,22,25)(H,23,24). The van der Waals surface area contributed by atoms with Crippen molar-refractivity contribution >= 4 is 39.0 Å². The zero-order chi connectivity index (χ0) is 20.1. The van der Waals surface area contributed by atoms with E-state index in [1.807, 2.05) is 25.1 Å². The van der Waals surface area contributed by atoms with E-state index in [0.717, 1.165) is 16.5 Å². The van der Waals surface area contributed by atoms with Crippen LogP contribution in [0.15, 0.2) is 42.5 Å². The second-order valence-corrected chi connectivity index (χ2v) is 7.25. The highest BCUT2D eigenvalue weighted by Crippen LogP contribution is 2.40. The van der Waals surface area contributed by atoms with Gasteiger partial charge in [-0.25, -0.2) is 0 Å². The van der Waals surface area contributed by atoms with Crippen molar-refractivity contribution in [3.8, 4) is 11.5 Å². The molecule has 146 valence electrons. The van der Waals surface area contributed by atoms with E-state index in [0.29, 0.717) is 34.2 Å². The van der Waals surface area contributed by atoms with E-state index in [-0.39, 0.29) is 12.3 Å². The molecule has 1 aromatic heterocycles. The number of carboxylic acid groups (broad SMARTS) is 1. The molecule has 1 amide bonds. The van der Waals surface area contributed by atoms with Crippen LogP contribution in [0.3, 0.4) is 0 Å². The second-order valence-electron chi connectivity index (χ2n) is 6.20. The van der Waals surface area contributed by atoms with Gasteiger partial charge in [0.2, 0.25) is 0 Å². The van der Waals surface area contributed by atoms with Gasteiger partial charge in [0.15, 0.2) is 5.75 Å². The fourth-order valence-corrected chi connectivity index (χ4v) is 3.82. The topological polar surface area (TPSA) is 84.9 Å². The molecule has 3 aromatic rings. The number of carboxylic acids is 1. The highest BCUT2D eigenvalue weighted by atomic mass is 32.1. The molecule has 0 unspecified atom stereocenters. The molecule has 0 radical (unpaired) electrons. The van der Waals surface area contributed by atoms with Crippen LogP contribution < -0.4 is 14.8 Å². The Bertz CT molecular complexity index is 1010. The molecule has 0 aliphatic carbocycles. The van der Waals surface area contributed by atoms with Crippen LogP contribution in [0.25, 0.3) is 10.1 Å². The van der Waals surface area contributed by atoms with Gasteiger partial charge in [0.25, 0.3) is 5.91 Å². The van der Waals surface area contributed by atoms with Gasteiger partial charge < -0.3 is 19.9 Å². The van der Waals surface area contributed by atoms with Gasteiger partial charge in [0.1, 0.15) is 10.6 Å². The Morgan fingerprint density at radius 2 is 2.00 bits per heavy atom. The first-order valence-corrected chi connectivity index (χ1v) is 9.69. The van der Waals surface area contributed by atoms with Gasteiger partial charge in [-0.05, 0) is 42.3 Å². The number of rotatable bonds is 8. The number of methoxy groups -OCH3 is 1. The van der Waals surface area contributed by atoms with Crippen molar-refractivity contribution in [3.05, 3.63) is 52.9 Å². The number of nitrogens with one attached hydrogen (secondary N) is 1. The molecule has 1 heterocycles. The molecule has 7 heteroatoms. The molecular formula is C21H21NO5S. The van der Waals surface area contributed by atoms with Gasteiger partial charge in [-0.15, -0.1) is 11.3 Å². The Kier molecular flexibility index (Phi) is 6.16. The van der Waals surface area contributed by atoms with E-state index in [9.17, 15) is 9.59 Å². The summed E-state index contributed by atoms with van der Waals surface area (Å²) in [6.45, 7) is 2.50. The number of ether oxygens (including phenoxy) is 2. The zero-order valence-corrected chi connectivity index (χ0v) is 16.5. The molecule has 2 N–H and O–H groups in total. The van der Waals surface area contributed by atoms with Gasteiger partial charge in [-0.2, -0.15) is 0 Å². The van der Waals surface area contributed by atoms with Crippen molar-refractivity contribution in [3.63, 3.8) is 0 Å². The Morgan fingerprint density at radius 3 is 2.71 bits per heavy atom. The molecule has 6 nitrogen and oxygen atoms in total. The predicted molar refractivity (Wildman–Crippen MR) is 110 cm³/mol. The molecular weight excluding hydrogens is 378 g/mol. The zero-order valence-electron chi connectivity index (χ0n) is 15.7. The summed E-state index contributed by atoms with van der Waals surface area (Å²) in [6, 6.07) is 12.4. The van der Waals surface area contributed by atoms with E-state index in [4.69, 9.17) is 14.6 Å². The van der Waals surface area contributed by atoms with Crippen molar-refractivity contribution in [1.29, 1.82) is 0 Å². The third-order valence-electron chi connectivity index (χ3n) is 4.05. The lowest BCUT2D eigenvalue weighted by Crippen LogP contribution is -2.12. The maximum atomic E-state index is 12.9. The molecule has 0 saturated heterocycles. The van der Waals surface area contributed by atoms with Gasteiger partial charge >= 0.3 is 5.97 Å². The van der Waals surface area contributed by atoms with Crippen molar-refractivity contribution in [2.45, 2.75) is 19.8 Å². The monoisotopic (exact) mass is 399 g/mol. The Balaban J connectivity index is 1.93. The van der Waals surface area contributed by atoms with E-state index >= 15 is 0 Å². The lowest BCUT2D eigenvalue weighted by atomic mass is 10.1. The normalized spacial score (nSPS) is 10.6. The number of aliphatic carboxylic acids is 1. The van der Waals surface area contributed by atoms with Gasteiger partial charge in [-0.1, -0.05) is 19.1 Å². The van der Waals surface area contributed by atoms with Crippen molar-refractivity contribution < 1.29 is 24.2 Å². The third kappa shape index (κ3) is 4.43. The summed E-state index contributed by atoms with van der Waals surface area (Å²) in [6.07, 6.45) is 0.719. The van der Waals surface area contributed by atoms with E-state index in [2.05, 4.69) is 5.32 Å². The maximum absolute atomic E-state index is 12.9. The molecule has 28 heavy (non-hydrogen) atoms. The molecule has 3 rings (SSSR count). The van der Waals surface area contributed by atoms with Gasteiger partial charge in [-0.3, -0.25) is 9.59 Å². The molecule has 0 saturated carbocycles. The van der Waals surface area contributed by atoms with Crippen LogP contribution in [-0.2, 0) is 11.2 Å². The number of benzene rings is 2. The lowest BCUT2D eigenvalue weighted by Gasteiger charge is -2.09. The third-order valence-corrected chi connectivity index (χ3v) is 5.20. The molecule has 0 spiro atoms. The Hall–Kier alpha value is -3.06. The van der Waals surface area contributed by atoms with Crippen LogP contribution >= 0.6 is 11.3 Å². The number of amides is 1. The highest BCUT2D eigenvalue weighted by molar-refractivity contribution is 7.21.